The van der Waals surface area contributed by atoms with Crippen LogP contribution in [0.5, 0.6) is 0 Å². The average Bonchev–Trinajstić information content (AvgIpc) is 2.80. The van der Waals surface area contributed by atoms with E-state index in [1.54, 1.807) is 18.2 Å². The minimum absolute atomic E-state index is 0.0933. The highest BCUT2D eigenvalue weighted by Crippen LogP contribution is 2.20. The lowest BCUT2D eigenvalue weighted by atomic mass is 10.2. The Morgan fingerprint density at radius 1 is 1.42 bits per heavy atom. The lowest BCUT2D eigenvalue weighted by molar-refractivity contribution is -0.754. The normalized spacial score (nSPS) is 11.8. The van der Waals surface area contributed by atoms with E-state index in [2.05, 4.69) is 10.3 Å². The van der Waals surface area contributed by atoms with Gasteiger partial charge in [-0.25, -0.2) is 4.99 Å². The molecule has 0 unspecified atom stereocenters. The van der Waals surface area contributed by atoms with E-state index in [4.69, 9.17) is 39.3 Å². The molecule has 8 heteroatoms. The third kappa shape index (κ3) is 3.83. The highest BCUT2D eigenvalue weighted by Gasteiger charge is 2.13. The fraction of sp³-hybridized carbons (Fsp3) is 0.182. The molecule has 5 nitrogen and oxygen atoms in total. The van der Waals surface area contributed by atoms with Crippen LogP contribution in [0.3, 0.4) is 0 Å². The Labute approximate surface area is 124 Å². The second-order valence-corrected chi connectivity index (χ2v) is 4.72. The van der Waals surface area contributed by atoms with E-state index in [9.17, 15) is 5.11 Å². The average molecular weight is 321 g/mol. The van der Waals surface area contributed by atoms with E-state index in [-0.39, 0.29) is 11.8 Å². The molecule has 1 aromatic heterocycles. The zero-order valence-electron chi connectivity index (χ0n) is 9.52. The van der Waals surface area contributed by atoms with Crippen LogP contribution >= 0.6 is 34.8 Å². The maximum Gasteiger partial charge on any atom is 0.320 e. The van der Waals surface area contributed by atoms with Crippen molar-refractivity contribution < 1.29 is 14.3 Å². The van der Waals surface area contributed by atoms with Crippen molar-refractivity contribution in [2.45, 2.75) is 6.54 Å². The van der Waals surface area contributed by atoms with E-state index in [1.165, 1.54) is 10.9 Å². The monoisotopic (exact) mass is 319 g/mol. The first-order valence-electron chi connectivity index (χ1n) is 5.19. The molecule has 2 rings (SSSR count). The molecule has 1 aromatic carbocycles. The van der Waals surface area contributed by atoms with Gasteiger partial charge < -0.3 is 5.11 Å². The zero-order chi connectivity index (χ0) is 13.8. The summed E-state index contributed by atoms with van der Waals surface area (Å²) in [6.45, 7) is 0.379. The molecule has 0 saturated heterocycles. The first-order chi connectivity index (χ1) is 9.08. The molecular formula is C11H8Cl3N3O2. The Bertz CT molecular complexity index is 613. The van der Waals surface area contributed by atoms with Gasteiger partial charge in [0.25, 0.3) is 6.20 Å². The second-order valence-electron chi connectivity index (χ2n) is 3.61. The molecule has 100 valence electrons. The molecule has 0 aliphatic heterocycles. The molecular weight excluding hydrogens is 312 g/mol. The standard InChI is InChI=1S/C11H8Cl3N3O2/c12-4-10(18)15-11-6-17(16-19-11)5-7-1-2-8(13)3-9(7)14/h1-3,6H,4-5H2. The summed E-state index contributed by atoms with van der Waals surface area (Å²) in [7, 11) is 0. The van der Waals surface area contributed by atoms with Crippen LogP contribution in [-0.2, 0) is 6.54 Å². The summed E-state index contributed by atoms with van der Waals surface area (Å²) < 4.78 is 6.34. The second kappa shape index (κ2) is 6.23. The number of rotatable bonds is 4. The summed E-state index contributed by atoms with van der Waals surface area (Å²) in [5.41, 5.74) is 0.819. The summed E-state index contributed by atoms with van der Waals surface area (Å²) in [5.74, 6) is -0.603. The van der Waals surface area contributed by atoms with Crippen molar-refractivity contribution in [2.24, 2.45) is 4.99 Å². The molecule has 0 fully saturated rings. The lowest BCUT2D eigenvalue weighted by Gasteiger charge is -2.00. The van der Waals surface area contributed by atoms with Crippen molar-refractivity contribution in [1.29, 1.82) is 0 Å². The van der Waals surface area contributed by atoms with E-state index in [0.717, 1.165) is 5.56 Å². The van der Waals surface area contributed by atoms with Gasteiger partial charge in [-0.15, -0.1) is 11.6 Å². The van der Waals surface area contributed by atoms with E-state index in [1.807, 2.05) is 0 Å². The molecule has 0 aliphatic rings. The summed E-state index contributed by atoms with van der Waals surface area (Å²) in [5, 5.41) is 15.8. The first kappa shape index (κ1) is 14.1. The highest BCUT2D eigenvalue weighted by atomic mass is 35.5. The van der Waals surface area contributed by atoms with Gasteiger partial charge in [-0.05, 0) is 28.8 Å². The summed E-state index contributed by atoms with van der Waals surface area (Å²) in [6.07, 6.45) is 1.48. The Balaban J connectivity index is 2.16. The van der Waals surface area contributed by atoms with Gasteiger partial charge in [0, 0.05) is 10.6 Å². The summed E-state index contributed by atoms with van der Waals surface area (Å²) in [6, 6.07) is 5.15. The van der Waals surface area contributed by atoms with Crippen molar-refractivity contribution >= 4 is 46.6 Å². The molecule has 0 saturated carbocycles. The van der Waals surface area contributed by atoms with Gasteiger partial charge in [-0.3, -0.25) is 4.52 Å². The molecule has 19 heavy (non-hydrogen) atoms. The fourth-order valence-electron chi connectivity index (χ4n) is 1.37. The van der Waals surface area contributed by atoms with Crippen LogP contribution in [0.1, 0.15) is 5.56 Å². The number of hydrogen-bond donors (Lipinski definition) is 0. The predicted octanol–water partition coefficient (Wildman–Crippen LogP) is 1.95. The van der Waals surface area contributed by atoms with Gasteiger partial charge in [0.15, 0.2) is 0 Å². The Hall–Kier alpha value is -1.30. The Morgan fingerprint density at radius 2 is 2.21 bits per heavy atom. The zero-order valence-corrected chi connectivity index (χ0v) is 11.8. The third-order valence-corrected chi connectivity index (χ3v) is 3.01. The fourth-order valence-corrected chi connectivity index (χ4v) is 1.90. The van der Waals surface area contributed by atoms with Crippen molar-refractivity contribution in [3.8, 4) is 0 Å². The minimum atomic E-state index is -0.491. The smallest absolute Gasteiger partial charge is 0.320 e. The van der Waals surface area contributed by atoms with Crippen LogP contribution in [0.4, 0.5) is 5.88 Å². The van der Waals surface area contributed by atoms with Gasteiger partial charge >= 0.3 is 5.88 Å². The number of alkyl halides is 1. The van der Waals surface area contributed by atoms with Gasteiger partial charge in [-0.1, -0.05) is 23.2 Å². The topological polar surface area (TPSA) is 65.3 Å². The molecule has 0 N–H and O–H groups in total. The maximum atomic E-state index is 11.0. The number of hydrogen-bond acceptors (Lipinski definition) is 4. The summed E-state index contributed by atoms with van der Waals surface area (Å²) >= 11 is 17.2. The van der Waals surface area contributed by atoms with Crippen molar-refractivity contribution in [3.63, 3.8) is 0 Å². The minimum Gasteiger partial charge on any atom is -0.861 e. The van der Waals surface area contributed by atoms with Crippen molar-refractivity contribution in [1.82, 2.24) is 5.27 Å². The first-order valence-corrected chi connectivity index (χ1v) is 6.48. The maximum absolute atomic E-state index is 11.0. The lowest BCUT2D eigenvalue weighted by Crippen LogP contribution is -2.35. The number of aromatic nitrogens is 2. The summed E-state index contributed by atoms with van der Waals surface area (Å²) in [4.78, 5) is 3.60. The van der Waals surface area contributed by atoms with Crippen LogP contribution in [-0.4, -0.2) is 17.0 Å². The van der Waals surface area contributed by atoms with E-state index < -0.39 is 5.90 Å². The molecule has 0 bridgehead atoms. The molecule has 0 atom stereocenters. The Morgan fingerprint density at radius 3 is 2.89 bits per heavy atom. The molecule has 0 amide bonds. The van der Waals surface area contributed by atoms with Crippen LogP contribution in [0, 0.1) is 0 Å². The van der Waals surface area contributed by atoms with Gasteiger partial charge in [0.2, 0.25) is 11.8 Å². The number of benzene rings is 1. The Kier molecular flexibility index (Phi) is 4.63. The van der Waals surface area contributed by atoms with Crippen molar-refractivity contribution in [3.05, 3.63) is 40.0 Å². The van der Waals surface area contributed by atoms with Gasteiger partial charge in [-0.2, -0.15) is 0 Å². The SMILES string of the molecule is [O-]/C(CCl)=N/c1c[n+](Cc2ccc(Cl)cc2Cl)no1. The number of aliphatic imine (C=N–C) groups is 1. The van der Waals surface area contributed by atoms with E-state index in [0.29, 0.717) is 16.6 Å². The molecule has 0 spiro atoms. The third-order valence-electron chi connectivity index (χ3n) is 2.20. The van der Waals surface area contributed by atoms with Crippen LogP contribution in [0.25, 0.3) is 0 Å². The van der Waals surface area contributed by atoms with E-state index >= 15 is 0 Å². The quantitative estimate of drug-likeness (QED) is 0.374. The number of halogens is 3. The van der Waals surface area contributed by atoms with Crippen LogP contribution < -0.4 is 9.79 Å². The van der Waals surface area contributed by atoms with Gasteiger partial charge in [0.05, 0.1) is 10.9 Å². The highest BCUT2D eigenvalue weighted by molar-refractivity contribution is 6.35. The molecule has 0 radical (unpaired) electrons. The van der Waals surface area contributed by atoms with Crippen LogP contribution in [0.15, 0.2) is 33.9 Å². The predicted molar refractivity (Wildman–Crippen MR) is 70.1 cm³/mol. The van der Waals surface area contributed by atoms with Crippen LogP contribution in [0.2, 0.25) is 10.0 Å². The number of nitrogens with zero attached hydrogens (tertiary/aromatic N) is 3. The molecule has 0 aliphatic carbocycles. The largest absolute Gasteiger partial charge is 0.861 e. The van der Waals surface area contributed by atoms with Crippen molar-refractivity contribution in [2.75, 3.05) is 5.88 Å². The van der Waals surface area contributed by atoms with Gasteiger partial charge in [0.1, 0.15) is 0 Å². The molecule has 2 aromatic rings. The molecule has 1 heterocycles.